The highest BCUT2D eigenvalue weighted by Gasteiger charge is 2.38. The van der Waals surface area contributed by atoms with Gasteiger partial charge in [-0.1, -0.05) is 38.8 Å². The number of nitrogens with one attached hydrogen (secondary N) is 2. The van der Waals surface area contributed by atoms with Crippen LogP contribution in [0, 0.1) is 21.4 Å². The van der Waals surface area contributed by atoms with E-state index in [1.165, 1.54) is 22.6 Å². The number of nitrogens with zero attached hydrogens (tertiary/aromatic N) is 1. The minimum Gasteiger partial charge on any atom is -0.457 e. The van der Waals surface area contributed by atoms with Crippen LogP contribution < -0.4 is 10.6 Å². The first kappa shape index (κ1) is 22.9. The van der Waals surface area contributed by atoms with E-state index in [4.69, 9.17) is 16.0 Å². The van der Waals surface area contributed by atoms with Crippen molar-refractivity contribution in [3.63, 3.8) is 0 Å². The first-order valence-electron chi connectivity index (χ1n) is 11.4. The molecule has 0 radical (unpaired) electrons. The van der Waals surface area contributed by atoms with Crippen LogP contribution in [0.2, 0.25) is 5.02 Å². The molecule has 0 saturated carbocycles. The predicted molar refractivity (Wildman–Crippen MR) is 134 cm³/mol. The lowest BCUT2D eigenvalue weighted by Gasteiger charge is -2.36. The maximum atomic E-state index is 13.1. The summed E-state index contributed by atoms with van der Waals surface area (Å²) in [5.41, 5.74) is 2.71. The minimum absolute atomic E-state index is 0.0829. The number of fused-ring (bicyclic) bond motifs is 3. The number of nitro groups is 1. The monoisotopic (exact) mass is 499 g/mol. The number of benzene rings is 1. The summed E-state index contributed by atoms with van der Waals surface area (Å²) < 4.78 is 6.01. The largest absolute Gasteiger partial charge is 0.457 e. The summed E-state index contributed by atoms with van der Waals surface area (Å²) in [5, 5.41) is 18.6. The van der Waals surface area contributed by atoms with Crippen molar-refractivity contribution in [1.82, 2.24) is 5.32 Å². The molecule has 2 aromatic heterocycles. The zero-order valence-electron chi connectivity index (χ0n) is 19.2. The third-order valence-corrected chi connectivity index (χ3v) is 8.90. The number of hydrogen-bond acceptors (Lipinski definition) is 6. The van der Waals surface area contributed by atoms with E-state index in [0.29, 0.717) is 23.0 Å². The molecule has 1 aliphatic heterocycles. The van der Waals surface area contributed by atoms with Crippen LogP contribution in [-0.2, 0) is 12.8 Å². The molecule has 2 N–H and O–H groups in total. The zero-order chi connectivity index (χ0) is 24.2. The second-order valence-electron chi connectivity index (χ2n) is 9.66. The number of amides is 1. The van der Waals surface area contributed by atoms with Gasteiger partial charge in [0.25, 0.3) is 11.6 Å². The van der Waals surface area contributed by atoms with E-state index >= 15 is 0 Å². The molecule has 1 aliphatic carbocycles. The quantitative estimate of drug-likeness (QED) is 0.292. The fourth-order valence-corrected chi connectivity index (χ4v) is 6.49. The van der Waals surface area contributed by atoms with Gasteiger partial charge in [0.2, 0.25) is 0 Å². The molecule has 3 heterocycles. The average Bonchev–Trinajstić information content (AvgIpc) is 3.43. The van der Waals surface area contributed by atoms with Gasteiger partial charge in [0, 0.05) is 22.6 Å². The normalized spacial score (nSPS) is 19.7. The Morgan fingerprint density at radius 1 is 1.26 bits per heavy atom. The molecular formula is C25H26ClN3O4S. The van der Waals surface area contributed by atoms with Crippen LogP contribution in [0.25, 0.3) is 11.3 Å². The fourth-order valence-electron chi connectivity index (χ4n) is 4.87. The second kappa shape index (κ2) is 8.43. The predicted octanol–water partition coefficient (Wildman–Crippen LogP) is 6.96. The number of furan rings is 1. The van der Waals surface area contributed by atoms with Gasteiger partial charge in [0.1, 0.15) is 16.5 Å². The van der Waals surface area contributed by atoms with Crippen molar-refractivity contribution in [2.45, 2.75) is 52.6 Å². The van der Waals surface area contributed by atoms with Gasteiger partial charge in [-0.15, -0.1) is 11.3 Å². The van der Waals surface area contributed by atoms with E-state index < -0.39 is 11.1 Å². The summed E-state index contributed by atoms with van der Waals surface area (Å²) in [5.74, 6) is 1.55. The third-order valence-electron chi connectivity index (χ3n) is 7.40. The Kier molecular flexibility index (Phi) is 5.68. The Labute approximate surface area is 206 Å². The zero-order valence-corrected chi connectivity index (χ0v) is 20.8. The number of carbonyl (C=O) groups is 1. The van der Waals surface area contributed by atoms with Gasteiger partial charge < -0.3 is 15.1 Å². The molecule has 2 aliphatic rings. The highest BCUT2D eigenvalue weighted by atomic mass is 35.5. The molecule has 2 atom stereocenters. The summed E-state index contributed by atoms with van der Waals surface area (Å²) in [6.07, 6.45) is 3.67. The van der Waals surface area contributed by atoms with Crippen molar-refractivity contribution in [1.29, 1.82) is 0 Å². The van der Waals surface area contributed by atoms with Gasteiger partial charge in [-0.05, 0) is 54.4 Å². The molecule has 0 saturated heterocycles. The Balaban J connectivity index is 1.39. The van der Waals surface area contributed by atoms with Gasteiger partial charge in [-0.3, -0.25) is 14.9 Å². The van der Waals surface area contributed by atoms with E-state index in [1.54, 1.807) is 29.5 Å². The molecule has 0 unspecified atom stereocenters. The van der Waals surface area contributed by atoms with Crippen LogP contribution >= 0.6 is 22.9 Å². The molecule has 1 aromatic carbocycles. The Bertz CT molecular complexity index is 1300. The number of carbonyl (C=O) groups excluding carboxylic acids is 1. The Morgan fingerprint density at radius 2 is 2.06 bits per heavy atom. The summed E-state index contributed by atoms with van der Waals surface area (Å²) in [6, 6.07) is 7.79. The van der Waals surface area contributed by atoms with Crippen LogP contribution in [0.15, 0.2) is 34.7 Å². The van der Waals surface area contributed by atoms with Gasteiger partial charge in [0.15, 0.2) is 6.17 Å². The van der Waals surface area contributed by atoms with E-state index in [1.807, 2.05) is 0 Å². The second-order valence-corrected chi connectivity index (χ2v) is 11.2. The topological polar surface area (TPSA) is 97.4 Å². The number of anilines is 1. The molecule has 7 nitrogen and oxygen atoms in total. The summed E-state index contributed by atoms with van der Waals surface area (Å²) in [4.78, 5) is 24.9. The van der Waals surface area contributed by atoms with E-state index in [9.17, 15) is 14.9 Å². The smallest absolute Gasteiger partial charge is 0.270 e. The van der Waals surface area contributed by atoms with Crippen molar-refractivity contribution in [3.05, 3.63) is 67.2 Å². The van der Waals surface area contributed by atoms with Gasteiger partial charge >= 0.3 is 0 Å². The van der Waals surface area contributed by atoms with E-state index in [0.717, 1.165) is 36.2 Å². The van der Waals surface area contributed by atoms with Crippen molar-refractivity contribution >= 4 is 39.5 Å². The van der Waals surface area contributed by atoms with Crippen LogP contribution in [-0.4, -0.2) is 10.8 Å². The molecule has 0 bridgehead atoms. The molecular weight excluding hydrogens is 474 g/mol. The summed E-state index contributed by atoms with van der Waals surface area (Å²) >= 11 is 7.94. The lowest BCUT2D eigenvalue weighted by atomic mass is 9.69. The number of hydrogen-bond donors (Lipinski definition) is 2. The molecule has 3 aromatic rings. The minimum atomic E-state index is -0.506. The lowest BCUT2D eigenvalue weighted by Crippen LogP contribution is -2.38. The molecule has 9 heteroatoms. The van der Waals surface area contributed by atoms with Gasteiger partial charge in [-0.2, -0.15) is 0 Å². The first-order chi connectivity index (χ1) is 16.2. The molecule has 5 rings (SSSR count). The third kappa shape index (κ3) is 3.88. The van der Waals surface area contributed by atoms with Crippen LogP contribution in [0.5, 0.6) is 0 Å². The van der Waals surface area contributed by atoms with E-state index in [2.05, 4.69) is 31.4 Å². The lowest BCUT2D eigenvalue weighted by molar-refractivity contribution is -0.384. The van der Waals surface area contributed by atoms with Crippen LogP contribution in [0.3, 0.4) is 0 Å². The van der Waals surface area contributed by atoms with Gasteiger partial charge in [0.05, 0.1) is 15.5 Å². The van der Waals surface area contributed by atoms with Crippen molar-refractivity contribution in [2.75, 3.05) is 5.32 Å². The Morgan fingerprint density at radius 3 is 2.76 bits per heavy atom. The highest BCUT2D eigenvalue weighted by molar-refractivity contribution is 7.16. The molecule has 0 spiro atoms. The first-order valence-corrected chi connectivity index (χ1v) is 12.6. The SMILES string of the molecule is CCC(C)(C)[C@@H]1CCc2c(sc3c2C(=O)N[C@H](c2ccc(-c4ccc([N+](=O)[O-])cc4Cl)o2)N3)C1. The standard InChI is InChI=1S/C25H26ClN3O4S/c1-4-25(2,3)13-5-7-16-20(11-13)34-24-21(16)23(30)27-22(28-24)19-10-9-18(33-19)15-8-6-14(29(31)32)12-17(15)26/h6,8-10,12-13,22,28H,4-5,7,11H2,1-3H3,(H,27,30)/t13-,22+/m1/s1. The van der Waals surface area contributed by atoms with Crippen LogP contribution in [0.1, 0.15) is 66.3 Å². The number of thiophene rings is 1. The van der Waals surface area contributed by atoms with Crippen molar-refractivity contribution < 1.29 is 14.1 Å². The number of non-ortho nitro benzene ring substituents is 1. The van der Waals surface area contributed by atoms with Crippen LogP contribution in [0.4, 0.5) is 10.7 Å². The van der Waals surface area contributed by atoms with Crippen molar-refractivity contribution in [3.8, 4) is 11.3 Å². The maximum absolute atomic E-state index is 13.1. The average molecular weight is 500 g/mol. The number of rotatable bonds is 5. The number of nitro benzene ring substituents is 1. The van der Waals surface area contributed by atoms with Crippen molar-refractivity contribution in [2.24, 2.45) is 11.3 Å². The maximum Gasteiger partial charge on any atom is 0.270 e. The molecule has 34 heavy (non-hydrogen) atoms. The van der Waals surface area contributed by atoms with Gasteiger partial charge in [-0.25, -0.2) is 0 Å². The highest BCUT2D eigenvalue weighted by Crippen LogP contribution is 2.47. The molecule has 0 fully saturated rings. The molecule has 178 valence electrons. The van der Waals surface area contributed by atoms with E-state index in [-0.39, 0.29) is 22.0 Å². The molecule has 1 amide bonds. The Hall–Kier alpha value is -2.84. The number of halogens is 1. The summed E-state index contributed by atoms with van der Waals surface area (Å²) in [6.45, 7) is 6.92. The summed E-state index contributed by atoms with van der Waals surface area (Å²) in [7, 11) is 0. The fraction of sp³-hybridized carbons (Fsp3) is 0.400.